The van der Waals surface area contributed by atoms with Crippen LogP contribution in [-0.2, 0) is 13.0 Å². The lowest BCUT2D eigenvalue weighted by atomic mass is 9.99. The molecule has 1 amide bonds. The number of carbonyl (C=O) groups excluding carboxylic acids is 1. The first-order valence-corrected chi connectivity index (χ1v) is 9.63. The van der Waals surface area contributed by atoms with Gasteiger partial charge in [-0.15, -0.1) is 0 Å². The minimum Gasteiger partial charge on any atom is -0.461 e. The fraction of sp³-hybridized carbons (Fsp3) is 0.400. The highest BCUT2D eigenvalue weighted by Gasteiger charge is 2.25. The van der Waals surface area contributed by atoms with Crippen molar-refractivity contribution >= 4 is 5.91 Å². The van der Waals surface area contributed by atoms with Crippen LogP contribution in [0.25, 0.3) is 11.6 Å². The van der Waals surface area contributed by atoms with Gasteiger partial charge in [0.1, 0.15) is 0 Å². The summed E-state index contributed by atoms with van der Waals surface area (Å²) in [6.45, 7) is 2.62. The molecule has 29 heavy (non-hydrogen) atoms. The van der Waals surface area contributed by atoms with E-state index in [1.807, 2.05) is 6.07 Å². The van der Waals surface area contributed by atoms with E-state index in [4.69, 9.17) is 14.0 Å². The Morgan fingerprint density at radius 1 is 1.38 bits per heavy atom. The average Bonchev–Trinajstić information content (AvgIpc) is 3.49. The van der Waals surface area contributed by atoms with Crippen LogP contribution in [0.4, 0.5) is 0 Å². The van der Waals surface area contributed by atoms with E-state index in [9.17, 15) is 4.79 Å². The highest BCUT2D eigenvalue weighted by atomic mass is 16.5. The first-order valence-electron chi connectivity index (χ1n) is 9.63. The summed E-state index contributed by atoms with van der Waals surface area (Å²) < 4.78 is 10.6. The SMILES string of the molecule is O=C(NCCO)c1cncc(CC2CCN(Cc3nc(-c4ccco4)no3)C2)c1. The van der Waals surface area contributed by atoms with Gasteiger partial charge >= 0.3 is 0 Å². The zero-order chi connectivity index (χ0) is 20.1. The second kappa shape index (κ2) is 8.97. The number of nitrogens with zero attached hydrogens (tertiary/aromatic N) is 4. The van der Waals surface area contributed by atoms with Gasteiger partial charge in [-0.3, -0.25) is 14.7 Å². The second-order valence-electron chi connectivity index (χ2n) is 7.14. The van der Waals surface area contributed by atoms with Crippen molar-refractivity contribution in [2.75, 3.05) is 26.2 Å². The number of hydrogen-bond acceptors (Lipinski definition) is 8. The molecule has 152 valence electrons. The summed E-state index contributed by atoms with van der Waals surface area (Å²) in [7, 11) is 0. The van der Waals surface area contributed by atoms with Gasteiger partial charge in [0.2, 0.25) is 11.7 Å². The van der Waals surface area contributed by atoms with Crippen molar-refractivity contribution in [1.29, 1.82) is 0 Å². The molecule has 0 aliphatic carbocycles. The fourth-order valence-electron chi connectivity index (χ4n) is 3.57. The van der Waals surface area contributed by atoms with Crippen molar-refractivity contribution < 1.29 is 18.8 Å². The first kappa shape index (κ1) is 19.3. The Balaban J connectivity index is 1.31. The molecule has 9 nitrogen and oxygen atoms in total. The Bertz CT molecular complexity index is 940. The largest absolute Gasteiger partial charge is 0.461 e. The van der Waals surface area contributed by atoms with Crippen molar-refractivity contribution in [3.63, 3.8) is 0 Å². The zero-order valence-corrected chi connectivity index (χ0v) is 16.0. The molecular formula is C20H23N5O4. The average molecular weight is 397 g/mol. The van der Waals surface area contributed by atoms with Crippen LogP contribution >= 0.6 is 0 Å². The number of likely N-dealkylation sites (tertiary alicyclic amines) is 1. The van der Waals surface area contributed by atoms with Gasteiger partial charge < -0.3 is 19.4 Å². The molecule has 2 N–H and O–H groups in total. The van der Waals surface area contributed by atoms with Gasteiger partial charge in [-0.1, -0.05) is 5.16 Å². The van der Waals surface area contributed by atoms with Crippen molar-refractivity contribution in [2.24, 2.45) is 5.92 Å². The van der Waals surface area contributed by atoms with E-state index in [2.05, 4.69) is 25.3 Å². The molecule has 3 aromatic heterocycles. The van der Waals surface area contributed by atoms with E-state index in [1.54, 1.807) is 30.8 Å². The number of aromatic nitrogens is 3. The molecule has 9 heteroatoms. The molecule has 0 aromatic carbocycles. The number of nitrogens with one attached hydrogen (secondary N) is 1. The third kappa shape index (κ3) is 4.87. The van der Waals surface area contributed by atoms with E-state index < -0.39 is 0 Å². The third-order valence-corrected chi connectivity index (χ3v) is 4.92. The van der Waals surface area contributed by atoms with Crippen LogP contribution in [0.2, 0.25) is 0 Å². The smallest absolute Gasteiger partial charge is 0.252 e. The van der Waals surface area contributed by atoms with Gasteiger partial charge in [-0.05, 0) is 49.1 Å². The zero-order valence-electron chi connectivity index (χ0n) is 16.0. The molecule has 0 saturated carbocycles. The molecule has 4 rings (SSSR count). The van der Waals surface area contributed by atoms with Crippen molar-refractivity contribution in [1.82, 2.24) is 25.3 Å². The van der Waals surface area contributed by atoms with Gasteiger partial charge in [-0.25, -0.2) is 0 Å². The van der Waals surface area contributed by atoms with Crippen LogP contribution in [-0.4, -0.2) is 57.3 Å². The van der Waals surface area contributed by atoms with Gasteiger partial charge in [0.15, 0.2) is 5.76 Å². The molecule has 1 saturated heterocycles. The molecule has 1 fully saturated rings. The summed E-state index contributed by atoms with van der Waals surface area (Å²) in [5.74, 6) is 1.88. The Labute approximate surface area is 167 Å². The van der Waals surface area contributed by atoms with E-state index in [0.29, 0.717) is 35.5 Å². The monoisotopic (exact) mass is 397 g/mol. The quantitative estimate of drug-likeness (QED) is 0.587. The maximum absolute atomic E-state index is 12.0. The van der Waals surface area contributed by atoms with Crippen LogP contribution in [0.3, 0.4) is 0 Å². The summed E-state index contributed by atoms with van der Waals surface area (Å²) in [5.41, 5.74) is 1.55. The molecular weight excluding hydrogens is 374 g/mol. The lowest BCUT2D eigenvalue weighted by Crippen LogP contribution is -2.26. The first-order chi connectivity index (χ1) is 14.2. The predicted octanol–water partition coefficient (Wildman–Crippen LogP) is 1.51. The van der Waals surface area contributed by atoms with E-state index in [0.717, 1.165) is 31.5 Å². The molecule has 0 spiro atoms. The highest BCUT2D eigenvalue weighted by Crippen LogP contribution is 2.23. The highest BCUT2D eigenvalue weighted by molar-refractivity contribution is 5.93. The van der Waals surface area contributed by atoms with Gasteiger partial charge in [0, 0.05) is 25.5 Å². The molecule has 1 atom stereocenters. The standard InChI is InChI=1S/C20H23N5O4/c26-6-4-22-20(27)16-9-15(10-21-11-16)8-14-3-5-25(12-14)13-18-23-19(24-29-18)17-2-1-7-28-17/h1-2,7,9-11,14,26H,3-6,8,12-13H2,(H,22,27). The second-order valence-corrected chi connectivity index (χ2v) is 7.14. The third-order valence-electron chi connectivity index (χ3n) is 4.92. The number of amides is 1. The number of pyridine rings is 1. The number of aliphatic hydroxyl groups excluding tert-OH is 1. The summed E-state index contributed by atoms with van der Waals surface area (Å²) in [6, 6.07) is 5.46. The predicted molar refractivity (Wildman–Crippen MR) is 103 cm³/mol. The van der Waals surface area contributed by atoms with Gasteiger partial charge in [-0.2, -0.15) is 4.98 Å². The summed E-state index contributed by atoms with van der Waals surface area (Å²) in [6.07, 6.45) is 6.84. The summed E-state index contributed by atoms with van der Waals surface area (Å²) in [4.78, 5) is 22.9. The minimum absolute atomic E-state index is 0.0835. The van der Waals surface area contributed by atoms with Gasteiger partial charge in [0.05, 0.1) is 25.0 Å². The number of furan rings is 1. The van der Waals surface area contributed by atoms with E-state index in [-0.39, 0.29) is 19.1 Å². The molecule has 0 bridgehead atoms. The van der Waals surface area contributed by atoms with E-state index >= 15 is 0 Å². The lowest BCUT2D eigenvalue weighted by molar-refractivity contribution is 0.0944. The van der Waals surface area contributed by atoms with Crippen LogP contribution < -0.4 is 5.32 Å². The molecule has 1 aliphatic rings. The van der Waals surface area contributed by atoms with Crippen LogP contribution in [0.1, 0.15) is 28.2 Å². The lowest BCUT2D eigenvalue weighted by Gasteiger charge is -2.13. The van der Waals surface area contributed by atoms with Gasteiger partial charge in [0.25, 0.3) is 5.91 Å². The van der Waals surface area contributed by atoms with Crippen molar-refractivity contribution in [2.45, 2.75) is 19.4 Å². The van der Waals surface area contributed by atoms with Crippen LogP contribution in [0.15, 0.2) is 45.8 Å². The van der Waals surface area contributed by atoms with Crippen LogP contribution in [0.5, 0.6) is 0 Å². The molecule has 1 aliphatic heterocycles. The summed E-state index contributed by atoms with van der Waals surface area (Å²) >= 11 is 0. The Hall–Kier alpha value is -3.04. The molecule has 0 radical (unpaired) electrons. The number of aliphatic hydroxyl groups is 1. The minimum atomic E-state index is -0.217. The summed E-state index contributed by atoms with van der Waals surface area (Å²) in [5, 5.41) is 15.4. The number of hydrogen-bond donors (Lipinski definition) is 2. The Kier molecular flexibility index (Phi) is 5.97. The Morgan fingerprint density at radius 2 is 2.31 bits per heavy atom. The maximum atomic E-state index is 12.0. The molecule has 4 heterocycles. The number of rotatable bonds is 8. The maximum Gasteiger partial charge on any atom is 0.252 e. The topological polar surface area (TPSA) is 118 Å². The fourth-order valence-corrected chi connectivity index (χ4v) is 3.57. The Morgan fingerprint density at radius 3 is 3.14 bits per heavy atom. The van der Waals surface area contributed by atoms with E-state index in [1.165, 1.54) is 0 Å². The van der Waals surface area contributed by atoms with Crippen molar-refractivity contribution in [3.8, 4) is 11.6 Å². The van der Waals surface area contributed by atoms with Crippen molar-refractivity contribution in [3.05, 3.63) is 53.9 Å². The molecule has 3 aromatic rings. The number of carbonyl (C=O) groups is 1. The normalized spacial score (nSPS) is 16.9. The van der Waals surface area contributed by atoms with Crippen LogP contribution in [0, 0.1) is 5.92 Å². The molecule has 1 unspecified atom stereocenters.